The molecule has 0 aliphatic carbocycles. The van der Waals surface area contributed by atoms with Crippen LogP contribution in [0.4, 0.5) is 5.82 Å². The predicted molar refractivity (Wildman–Crippen MR) is 102 cm³/mol. The molecule has 2 N–H and O–H groups in total. The van der Waals surface area contributed by atoms with E-state index >= 15 is 0 Å². The number of hydrogen-bond acceptors (Lipinski definition) is 5. The average Bonchev–Trinajstić information content (AvgIpc) is 2.59. The lowest BCUT2D eigenvalue weighted by Crippen LogP contribution is -2.15. The van der Waals surface area contributed by atoms with Crippen LogP contribution in [0.15, 0.2) is 36.5 Å². The Hall–Kier alpha value is -3.09. The molecule has 0 aliphatic rings. The van der Waals surface area contributed by atoms with E-state index < -0.39 is 11.9 Å². The molecule has 0 bridgehead atoms. The van der Waals surface area contributed by atoms with Crippen molar-refractivity contribution in [3.8, 4) is 11.5 Å². The monoisotopic (exact) mass is 372 g/mol. The maximum absolute atomic E-state index is 12.6. The number of hydrogen-bond donors (Lipinski definition) is 2. The smallest absolute Gasteiger partial charge is 0.337 e. The number of benzene rings is 1. The van der Waals surface area contributed by atoms with Crippen molar-refractivity contribution in [3.63, 3.8) is 0 Å². The lowest BCUT2D eigenvalue weighted by atomic mass is 10.1. The fourth-order valence-electron chi connectivity index (χ4n) is 2.17. The number of pyridine rings is 1. The number of rotatable bonds is 8. The molecule has 1 amide bonds. The summed E-state index contributed by atoms with van der Waals surface area (Å²) in [5.74, 6) is 0.200. The summed E-state index contributed by atoms with van der Waals surface area (Å²) in [4.78, 5) is 27.4. The van der Waals surface area contributed by atoms with Crippen LogP contribution in [0.2, 0.25) is 0 Å². The number of ether oxygens (including phenoxy) is 2. The molecule has 1 heterocycles. The van der Waals surface area contributed by atoms with E-state index in [-0.39, 0.29) is 17.5 Å². The molecule has 2 aromatic rings. The van der Waals surface area contributed by atoms with Gasteiger partial charge in [0.1, 0.15) is 17.3 Å². The van der Waals surface area contributed by atoms with Gasteiger partial charge < -0.3 is 19.9 Å². The molecule has 0 saturated carbocycles. The molecule has 144 valence electrons. The van der Waals surface area contributed by atoms with E-state index in [1.807, 2.05) is 27.7 Å². The molecule has 0 radical (unpaired) electrons. The number of aromatic carboxylic acids is 1. The highest BCUT2D eigenvalue weighted by Gasteiger charge is 2.13. The normalized spacial score (nSPS) is 10.7. The number of nitrogens with one attached hydrogen (secondary N) is 1. The Morgan fingerprint density at radius 3 is 2.33 bits per heavy atom. The van der Waals surface area contributed by atoms with Gasteiger partial charge in [-0.25, -0.2) is 9.78 Å². The van der Waals surface area contributed by atoms with Gasteiger partial charge in [-0.15, -0.1) is 0 Å². The molecule has 0 saturated heterocycles. The summed E-state index contributed by atoms with van der Waals surface area (Å²) in [6, 6.07) is 7.82. The minimum absolute atomic E-state index is 0.0460. The van der Waals surface area contributed by atoms with Gasteiger partial charge in [0.05, 0.1) is 18.3 Å². The molecule has 0 unspecified atom stereocenters. The summed E-state index contributed by atoms with van der Waals surface area (Å²) in [5, 5.41) is 11.5. The third-order valence-corrected chi connectivity index (χ3v) is 3.35. The number of carboxylic acid groups (broad SMARTS) is 1. The Morgan fingerprint density at radius 2 is 1.78 bits per heavy atom. The molecular weight excluding hydrogens is 348 g/mol. The van der Waals surface area contributed by atoms with Crippen molar-refractivity contribution in [1.82, 2.24) is 4.98 Å². The van der Waals surface area contributed by atoms with Gasteiger partial charge in [0.2, 0.25) is 0 Å². The Bertz CT molecular complexity index is 801. The predicted octanol–water partition coefficient (Wildman–Crippen LogP) is 3.85. The minimum Gasteiger partial charge on any atom is -0.493 e. The molecule has 0 aliphatic heterocycles. The zero-order valence-electron chi connectivity index (χ0n) is 15.9. The number of nitrogens with zero attached hydrogens (tertiary/aromatic N) is 1. The minimum atomic E-state index is -1.08. The summed E-state index contributed by atoms with van der Waals surface area (Å²) in [6.45, 7) is 8.39. The summed E-state index contributed by atoms with van der Waals surface area (Å²) in [6.07, 6.45) is 1.14. The van der Waals surface area contributed by atoms with Crippen LogP contribution in [-0.4, -0.2) is 34.7 Å². The van der Waals surface area contributed by atoms with Gasteiger partial charge in [-0.1, -0.05) is 13.8 Å². The van der Waals surface area contributed by atoms with Crippen molar-refractivity contribution >= 4 is 17.7 Å². The molecule has 7 nitrogen and oxygen atoms in total. The molecule has 0 atom stereocenters. The summed E-state index contributed by atoms with van der Waals surface area (Å²) >= 11 is 0. The van der Waals surface area contributed by atoms with E-state index in [2.05, 4.69) is 10.3 Å². The van der Waals surface area contributed by atoms with Crippen molar-refractivity contribution in [2.24, 2.45) is 5.92 Å². The third kappa shape index (κ3) is 6.29. The van der Waals surface area contributed by atoms with Crippen LogP contribution in [0, 0.1) is 5.92 Å². The van der Waals surface area contributed by atoms with E-state index in [0.717, 1.165) is 0 Å². The molecule has 1 aromatic heterocycles. The lowest BCUT2D eigenvalue weighted by molar-refractivity contribution is 0.0696. The van der Waals surface area contributed by atoms with Gasteiger partial charge in [-0.05, 0) is 44.0 Å². The maximum atomic E-state index is 12.6. The zero-order valence-corrected chi connectivity index (χ0v) is 15.9. The molecule has 0 fully saturated rings. The quantitative estimate of drug-likeness (QED) is 0.730. The standard InChI is InChI=1S/C20H24N2O5/c1-12(2)11-26-16-7-15(8-17(9-16)27-13(3)4)19(23)22-18-6-5-14(10-21-18)20(24)25/h5-10,12-13H,11H2,1-4H3,(H,24,25)(H,21,22,23). The van der Waals surface area contributed by atoms with Crippen molar-refractivity contribution in [2.45, 2.75) is 33.8 Å². The number of carboxylic acids is 1. The van der Waals surface area contributed by atoms with E-state index in [9.17, 15) is 9.59 Å². The van der Waals surface area contributed by atoms with Crippen LogP contribution in [0.25, 0.3) is 0 Å². The average molecular weight is 372 g/mol. The highest BCUT2D eigenvalue weighted by atomic mass is 16.5. The SMILES string of the molecule is CC(C)COc1cc(OC(C)C)cc(C(=O)Nc2ccc(C(=O)O)cn2)c1. The van der Waals surface area contributed by atoms with Crippen molar-refractivity contribution in [2.75, 3.05) is 11.9 Å². The second-order valence-corrected chi connectivity index (χ2v) is 6.76. The van der Waals surface area contributed by atoms with Crippen molar-refractivity contribution < 1.29 is 24.2 Å². The van der Waals surface area contributed by atoms with Crippen LogP contribution < -0.4 is 14.8 Å². The molecule has 7 heteroatoms. The third-order valence-electron chi connectivity index (χ3n) is 3.35. The highest BCUT2D eigenvalue weighted by Crippen LogP contribution is 2.25. The van der Waals surface area contributed by atoms with Crippen LogP contribution in [0.5, 0.6) is 11.5 Å². The highest BCUT2D eigenvalue weighted by molar-refractivity contribution is 6.04. The first kappa shape index (κ1) is 20.2. The van der Waals surface area contributed by atoms with Crippen LogP contribution in [0.1, 0.15) is 48.4 Å². The second kappa shape index (κ2) is 9.02. The van der Waals surface area contributed by atoms with Crippen LogP contribution in [0.3, 0.4) is 0 Å². The first-order valence-electron chi connectivity index (χ1n) is 8.70. The number of carbonyl (C=O) groups excluding carboxylic acids is 1. The molecule has 1 aromatic carbocycles. The molecule has 27 heavy (non-hydrogen) atoms. The summed E-state index contributed by atoms with van der Waals surface area (Å²) < 4.78 is 11.4. The Labute approximate surface area is 158 Å². The topological polar surface area (TPSA) is 97.8 Å². The first-order chi connectivity index (χ1) is 12.7. The van der Waals surface area contributed by atoms with Crippen LogP contribution >= 0.6 is 0 Å². The molecule has 0 spiro atoms. The van der Waals surface area contributed by atoms with E-state index in [0.29, 0.717) is 29.6 Å². The fourth-order valence-corrected chi connectivity index (χ4v) is 2.17. The van der Waals surface area contributed by atoms with Crippen molar-refractivity contribution in [1.29, 1.82) is 0 Å². The van der Waals surface area contributed by atoms with Gasteiger partial charge in [-0.2, -0.15) is 0 Å². The largest absolute Gasteiger partial charge is 0.493 e. The number of carbonyl (C=O) groups is 2. The van der Waals surface area contributed by atoms with Gasteiger partial charge >= 0.3 is 5.97 Å². The fraction of sp³-hybridized carbons (Fsp3) is 0.350. The Morgan fingerprint density at radius 1 is 1.07 bits per heavy atom. The number of anilines is 1. The maximum Gasteiger partial charge on any atom is 0.337 e. The lowest BCUT2D eigenvalue weighted by Gasteiger charge is -2.15. The number of aromatic nitrogens is 1. The Kier molecular flexibility index (Phi) is 6.76. The van der Waals surface area contributed by atoms with Gasteiger partial charge in [0.15, 0.2) is 0 Å². The van der Waals surface area contributed by atoms with Gasteiger partial charge in [0, 0.05) is 17.8 Å². The summed E-state index contributed by atoms with van der Waals surface area (Å²) in [7, 11) is 0. The van der Waals surface area contributed by atoms with E-state index in [4.69, 9.17) is 14.6 Å². The summed E-state index contributed by atoms with van der Waals surface area (Å²) in [5.41, 5.74) is 0.403. The Balaban J connectivity index is 2.21. The van der Waals surface area contributed by atoms with Gasteiger partial charge in [0.25, 0.3) is 5.91 Å². The molecular formula is C20H24N2O5. The second-order valence-electron chi connectivity index (χ2n) is 6.76. The van der Waals surface area contributed by atoms with E-state index in [1.54, 1.807) is 18.2 Å². The van der Waals surface area contributed by atoms with Crippen molar-refractivity contribution in [3.05, 3.63) is 47.7 Å². The van der Waals surface area contributed by atoms with Crippen LogP contribution in [-0.2, 0) is 0 Å². The van der Waals surface area contributed by atoms with E-state index in [1.165, 1.54) is 18.3 Å². The first-order valence-corrected chi connectivity index (χ1v) is 8.70. The number of amides is 1. The zero-order chi connectivity index (χ0) is 20.0. The van der Waals surface area contributed by atoms with Gasteiger partial charge in [-0.3, -0.25) is 4.79 Å². The molecule has 2 rings (SSSR count).